The molecule has 0 bridgehead atoms. The van der Waals surface area contributed by atoms with Crippen molar-refractivity contribution in [1.29, 1.82) is 0 Å². The van der Waals surface area contributed by atoms with Gasteiger partial charge in [-0.3, -0.25) is 0 Å². The highest BCUT2D eigenvalue weighted by Crippen LogP contribution is 2.25. The number of rotatable bonds is 3. The van der Waals surface area contributed by atoms with Crippen molar-refractivity contribution in [2.75, 3.05) is 5.32 Å². The van der Waals surface area contributed by atoms with Crippen LogP contribution in [0.25, 0.3) is 10.2 Å². The molecule has 0 radical (unpaired) electrons. The van der Waals surface area contributed by atoms with E-state index in [0.29, 0.717) is 6.04 Å². The van der Waals surface area contributed by atoms with Crippen molar-refractivity contribution in [3.05, 3.63) is 24.3 Å². The zero-order valence-corrected chi connectivity index (χ0v) is 9.27. The van der Waals surface area contributed by atoms with Crippen LogP contribution in [0.3, 0.4) is 0 Å². The second kappa shape index (κ2) is 3.96. The van der Waals surface area contributed by atoms with Gasteiger partial charge in [0.2, 0.25) is 0 Å². The van der Waals surface area contributed by atoms with Crippen LogP contribution < -0.4 is 5.32 Å². The van der Waals surface area contributed by atoms with Gasteiger partial charge in [0.25, 0.3) is 0 Å². The first-order valence-electron chi connectivity index (χ1n) is 4.91. The van der Waals surface area contributed by atoms with E-state index in [9.17, 15) is 0 Å². The fraction of sp³-hybridized carbons (Fsp3) is 0.364. The van der Waals surface area contributed by atoms with Crippen molar-refractivity contribution in [3.63, 3.8) is 0 Å². The molecule has 2 nitrogen and oxygen atoms in total. The molecule has 2 rings (SSSR count). The molecule has 14 heavy (non-hydrogen) atoms. The molecule has 1 atom stereocenters. The maximum atomic E-state index is 4.51. The van der Waals surface area contributed by atoms with Crippen LogP contribution in [0.2, 0.25) is 0 Å². The highest BCUT2D eigenvalue weighted by atomic mass is 32.1. The smallest absolute Gasteiger partial charge is 0.183 e. The topological polar surface area (TPSA) is 24.9 Å². The van der Waals surface area contributed by atoms with E-state index in [1.807, 2.05) is 18.2 Å². The Kier molecular flexibility index (Phi) is 2.68. The van der Waals surface area contributed by atoms with Gasteiger partial charge in [0.1, 0.15) is 0 Å². The van der Waals surface area contributed by atoms with Gasteiger partial charge in [-0.1, -0.05) is 30.4 Å². The molecule has 0 saturated heterocycles. The van der Waals surface area contributed by atoms with Crippen LogP contribution in [0, 0.1) is 0 Å². The summed E-state index contributed by atoms with van der Waals surface area (Å²) in [6.07, 6.45) is 1.12. The van der Waals surface area contributed by atoms with Gasteiger partial charge < -0.3 is 5.32 Å². The average Bonchev–Trinajstić information content (AvgIpc) is 2.59. The fourth-order valence-corrected chi connectivity index (χ4v) is 2.22. The Morgan fingerprint density at radius 1 is 1.43 bits per heavy atom. The average molecular weight is 206 g/mol. The van der Waals surface area contributed by atoms with Crippen molar-refractivity contribution in [1.82, 2.24) is 4.98 Å². The van der Waals surface area contributed by atoms with Gasteiger partial charge in [0, 0.05) is 6.04 Å². The molecular weight excluding hydrogens is 192 g/mol. The van der Waals surface area contributed by atoms with Gasteiger partial charge in [-0.25, -0.2) is 4.98 Å². The molecule has 0 aliphatic rings. The Balaban J connectivity index is 2.27. The van der Waals surface area contributed by atoms with Crippen molar-refractivity contribution < 1.29 is 0 Å². The zero-order valence-electron chi connectivity index (χ0n) is 8.45. The summed E-state index contributed by atoms with van der Waals surface area (Å²) in [4.78, 5) is 4.51. The van der Waals surface area contributed by atoms with Gasteiger partial charge >= 0.3 is 0 Å². The van der Waals surface area contributed by atoms with E-state index in [0.717, 1.165) is 17.1 Å². The molecule has 3 heteroatoms. The largest absolute Gasteiger partial charge is 0.359 e. The van der Waals surface area contributed by atoms with Crippen molar-refractivity contribution in [3.8, 4) is 0 Å². The minimum atomic E-state index is 0.496. The predicted octanol–water partition coefficient (Wildman–Crippen LogP) is 3.51. The van der Waals surface area contributed by atoms with Crippen LogP contribution in [-0.2, 0) is 0 Å². The molecule has 1 aromatic carbocycles. The van der Waals surface area contributed by atoms with E-state index >= 15 is 0 Å². The predicted molar refractivity (Wildman–Crippen MR) is 63.0 cm³/mol. The molecular formula is C11H14N2S. The molecule has 74 valence electrons. The first kappa shape index (κ1) is 9.46. The lowest BCUT2D eigenvalue weighted by Gasteiger charge is -2.08. The number of benzene rings is 1. The van der Waals surface area contributed by atoms with Gasteiger partial charge in [-0.2, -0.15) is 0 Å². The fourth-order valence-electron chi connectivity index (χ4n) is 1.25. The number of hydrogen-bond donors (Lipinski definition) is 1. The van der Waals surface area contributed by atoms with Gasteiger partial charge in [0.05, 0.1) is 10.2 Å². The Morgan fingerprint density at radius 2 is 2.21 bits per heavy atom. The van der Waals surface area contributed by atoms with E-state index in [1.54, 1.807) is 11.3 Å². The molecule has 0 aliphatic heterocycles. The van der Waals surface area contributed by atoms with E-state index in [2.05, 4.69) is 30.2 Å². The Bertz CT molecular complexity index is 389. The summed E-state index contributed by atoms with van der Waals surface area (Å²) in [5.74, 6) is 0. The molecule has 1 unspecified atom stereocenters. The van der Waals surface area contributed by atoms with Crippen LogP contribution in [0.1, 0.15) is 20.3 Å². The number of nitrogens with one attached hydrogen (secondary N) is 1. The summed E-state index contributed by atoms with van der Waals surface area (Å²) in [6, 6.07) is 8.72. The molecule has 0 spiro atoms. The maximum Gasteiger partial charge on any atom is 0.183 e. The standard InChI is InChI=1S/C11H14N2S/c1-3-8(2)12-11-13-9-6-4-5-7-10(9)14-11/h4-8H,3H2,1-2H3,(H,12,13). The molecule has 1 aromatic heterocycles. The highest BCUT2D eigenvalue weighted by molar-refractivity contribution is 7.22. The van der Waals surface area contributed by atoms with Crippen LogP contribution in [-0.4, -0.2) is 11.0 Å². The van der Waals surface area contributed by atoms with Crippen LogP contribution in [0.5, 0.6) is 0 Å². The summed E-state index contributed by atoms with van der Waals surface area (Å²) in [7, 11) is 0. The molecule has 0 amide bonds. The zero-order chi connectivity index (χ0) is 9.97. The number of fused-ring (bicyclic) bond motifs is 1. The lowest BCUT2D eigenvalue weighted by Crippen LogP contribution is -2.12. The third-order valence-electron chi connectivity index (χ3n) is 2.28. The number of nitrogens with zero attached hydrogens (tertiary/aromatic N) is 1. The summed E-state index contributed by atoms with van der Waals surface area (Å²) in [5, 5.41) is 4.42. The van der Waals surface area contributed by atoms with E-state index < -0.39 is 0 Å². The summed E-state index contributed by atoms with van der Waals surface area (Å²) < 4.78 is 1.25. The number of thiazole rings is 1. The SMILES string of the molecule is CCC(C)Nc1nc2ccccc2s1. The minimum absolute atomic E-state index is 0.496. The molecule has 0 fully saturated rings. The van der Waals surface area contributed by atoms with E-state index in [-0.39, 0.29) is 0 Å². The Hall–Kier alpha value is -1.09. The first-order chi connectivity index (χ1) is 6.79. The second-order valence-corrected chi connectivity index (χ2v) is 4.47. The lowest BCUT2D eigenvalue weighted by molar-refractivity contribution is 0.763. The normalized spacial score (nSPS) is 13.0. The second-order valence-electron chi connectivity index (χ2n) is 3.44. The summed E-state index contributed by atoms with van der Waals surface area (Å²) >= 11 is 1.72. The number of hydrogen-bond acceptors (Lipinski definition) is 3. The highest BCUT2D eigenvalue weighted by Gasteiger charge is 2.04. The maximum absolute atomic E-state index is 4.51. The Morgan fingerprint density at radius 3 is 2.93 bits per heavy atom. The van der Waals surface area contributed by atoms with Crippen LogP contribution in [0.4, 0.5) is 5.13 Å². The van der Waals surface area contributed by atoms with Gasteiger partial charge in [-0.15, -0.1) is 0 Å². The molecule has 0 aliphatic carbocycles. The Labute approximate surface area is 88.0 Å². The quantitative estimate of drug-likeness (QED) is 0.831. The molecule has 1 heterocycles. The number of para-hydroxylation sites is 1. The van der Waals surface area contributed by atoms with E-state index in [1.165, 1.54) is 4.70 Å². The third-order valence-corrected chi connectivity index (χ3v) is 3.24. The summed E-state index contributed by atoms with van der Waals surface area (Å²) in [5.41, 5.74) is 1.09. The van der Waals surface area contributed by atoms with Crippen molar-refractivity contribution >= 4 is 26.7 Å². The van der Waals surface area contributed by atoms with Crippen molar-refractivity contribution in [2.45, 2.75) is 26.3 Å². The molecule has 2 aromatic rings. The van der Waals surface area contributed by atoms with Crippen LogP contribution >= 0.6 is 11.3 Å². The molecule has 0 saturated carbocycles. The monoisotopic (exact) mass is 206 g/mol. The van der Waals surface area contributed by atoms with Gasteiger partial charge in [0.15, 0.2) is 5.13 Å². The van der Waals surface area contributed by atoms with Crippen LogP contribution in [0.15, 0.2) is 24.3 Å². The first-order valence-corrected chi connectivity index (χ1v) is 5.73. The summed E-state index contributed by atoms with van der Waals surface area (Å²) in [6.45, 7) is 4.34. The molecule has 1 N–H and O–H groups in total. The number of aromatic nitrogens is 1. The minimum Gasteiger partial charge on any atom is -0.359 e. The van der Waals surface area contributed by atoms with Gasteiger partial charge in [-0.05, 0) is 25.5 Å². The van der Waals surface area contributed by atoms with E-state index in [4.69, 9.17) is 0 Å². The lowest BCUT2D eigenvalue weighted by atomic mass is 10.3. The third kappa shape index (κ3) is 1.87. The van der Waals surface area contributed by atoms with Crippen molar-refractivity contribution in [2.24, 2.45) is 0 Å². The number of anilines is 1.